The summed E-state index contributed by atoms with van der Waals surface area (Å²) in [6.45, 7) is 0. The first-order chi connectivity index (χ1) is 9.19. The van der Waals surface area contributed by atoms with E-state index in [0.717, 1.165) is 0 Å². The first-order valence-corrected chi connectivity index (χ1v) is 5.30. The van der Waals surface area contributed by atoms with Crippen LogP contribution in [0.3, 0.4) is 0 Å². The van der Waals surface area contributed by atoms with Crippen LogP contribution in [0.1, 0.15) is 10.5 Å². The molecule has 0 atom stereocenters. The number of nitrogens with zero attached hydrogens (tertiary/aromatic N) is 2. The van der Waals surface area contributed by atoms with Gasteiger partial charge in [-0.2, -0.15) is 4.99 Å². The highest BCUT2D eigenvalue weighted by Gasteiger charge is 2.04. The van der Waals surface area contributed by atoms with Crippen molar-refractivity contribution in [1.82, 2.24) is 4.98 Å². The van der Waals surface area contributed by atoms with Crippen LogP contribution in [0.15, 0.2) is 47.6 Å². The van der Waals surface area contributed by atoms with E-state index in [9.17, 15) is 9.59 Å². The van der Waals surface area contributed by atoms with Crippen molar-refractivity contribution in [1.29, 1.82) is 0 Å². The lowest BCUT2D eigenvalue weighted by molar-refractivity contribution is 0.0995. The first-order valence-electron chi connectivity index (χ1n) is 5.30. The lowest BCUT2D eigenvalue weighted by Gasteiger charge is -2.06. The van der Waals surface area contributed by atoms with Gasteiger partial charge in [0.2, 0.25) is 6.08 Å². The highest BCUT2D eigenvalue weighted by atomic mass is 16.5. The number of rotatable bonds is 4. The van der Waals surface area contributed by atoms with E-state index in [-0.39, 0.29) is 5.69 Å². The average molecular weight is 255 g/mol. The van der Waals surface area contributed by atoms with E-state index in [1.807, 2.05) is 0 Å². The van der Waals surface area contributed by atoms with Crippen molar-refractivity contribution in [2.75, 3.05) is 0 Å². The summed E-state index contributed by atoms with van der Waals surface area (Å²) < 4.78 is 5.51. The topological polar surface area (TPSA) is 94.6 Å². The number of nitrogens with two attached hydrogens (primary N) is 1. The van der Waals surface area contributed by atoms with Gasteiger partial charge in [-0.3, -0.25) is 9.78 Å². The second-order valence-corrected chi connectivity index (χ2v) is 3.54. The number of carbonyl (C=O) groups excluding carboxylic acids is 2. The Morgan fingerprint density at radius 2 is 1.95 bits per heavy atom. The number of carbonyl (C=O) groups is 1. The Kier molecular flexibility index (Phi) is 3.66. The fourth-order valence-electron chi connectivity index (χ4n) is 1.39. The number of ether oxygens (including phenoxy) is 1. The zero-order valence-electron chi connectivity index (χ0n) is 9.74. The molecule has 0 fully saturated rings. The van der Waals surface area contributed by atoms with Crippen molar-refractivity contribution in [3.63, 3.8) is 0 Å². The average Bonchev–Trinajstić information content (AvgIpc) is 2.42. The second kappa shape index (κ2) is 5.57. The summed E-state index contributed by atoms with van der Waals surface area (Å²) in [5.74, 6) is 0.350. The number of benzene rings is 1. The third-order valence-corrected chi connectivity index (χ3v) is 2.23. The quantitative estimate of drug-likeness (QED) is 0.667. The molecule has 2 rings (SSSR count). The van der Waals surface area contributed by atoms with Gasteiger partial charge in [0.25, 0.3) is 5.91 Å². The van der Waals surface area contributed by atoms with Gasteiger partial charge in [-0.05, 0) is 30.3 Å². The lowest BCUT2D eigenvalue weighted by atomic mass is 10.3. The Hall–Kier alpha value is -2.98. The molecule has 0 aliphatic heterocycles. The van der Waals surface area contributed by atoms with Gasteiger partial charge in [0.05, 0.1) is 5.69 Å². The molecule has 0 aliphatic carbocycles. The van der Waals surface area contributed by atoms with Gasteiger partial charge < -0.3 is 10.5 Å². The molecule has 2 aromatic rings. The van der Waals surface area contributed by atoms with Crippen LogP contribution in [-0.4, -0.2) is 17.0 Å². The highest BCUT2D eigenvalue weighted by molar-refractivity contribution is 5.91. The van der Waals surface area contributed by atoms with Crippen LogP contribution in [0.5, 0.6) is 11.5 Å². The Bertz CT molecular complexity index is 646. The van der Waals surface area contributed by atoms with E-state index in [4.69, 9.17) is 10.5 Å². The van der Waals surface area contributed by atoms with Crippen molar-refractivity contribution >= 4 is 17.7 Å². The minimum Gasteiger partial charge on any atom is -0.457 e. The summed E-state index contributed by atoms with van der Waals surface area (Å²) in [4.78, 5) is 28.3. The van der Waals surface area contributed by atoms with Crippen molar-refractivity contribution in [3.8, 4) is 11.5 Å². The SMILES string of the molecule is NC(=O)c1cc(Oc2ccc(N=C=O)cc2)ccn1. The highest BCUT2D eigenvalue weighted by Crippen LogP contribution is 2.23. The first kappa shape index (κ1) is 12.5. The molecule has 2 N–H and O–H groups in total. The molecule has 1 aromatic carbocycles. The maximum absolute atomic E-state index is 11.0. The Labute approximate surface area is 108 Å². The van der Waals surface area contributed by atoms with Crippen LogP contribution in [0.2, 0.25) is 0 Å². The smallest absolute Gasteiger partial charge is 0.267 e. The number of aromatic nitrogens is 1. The Balaban J connectivity index is 2.18. The molecule has 0 saturated heterocycles. The number of isocyanates is 1. The molecule has 1 amide bonds. The minimum atomic E-state index is -0.624. The predicted octanol–water partition coefficient (Wildman–Crippen LogP) is 1.94. The van der Waals surface area contributed by atoms with E-state index in [2.05, 4.69) is 9.98 Å². The largest absolute Gasteiger partial charge is 0.457 e. The van der Waals surface area contributed by atoms with Crippen LogP contribution in [0.4, 0.5) is 5.69 Å². The molecule has 1 aromatic heterocycles. The number of primary amides is 1. The number of hydrogen-bond acceptors (Lipinski definition) is 5. The van der Waals surface area contributed by atoms with Crippen LogP contribution < -0.4 is 10.5 Å². The number of aliphatic imine (C=N–C) groups is 1. The molecule has 1 heterocycles. The third-order valence-electron chi connectivity index (χ3n) is 2.23. The van der Waals surface area contributed by atoms with Crippen LogP contribution in [0.25, 0.3) is 0 Å². The van der Waals surface area contributed by atoms with Crippen molar-refractivity contribution in [3.05, 3.63) is 48.3 Å². The maximum atomic E-state index is 11.0. The van der Waals surface area contributed by atoms with Gasteiger partial charge in [0.15, 0.2) is 0 Å². The predicted molar refractivity (Wildman–Crippen MR) is 67.1 cm³/mol. The fourth-order valence-corrected chi connectivity index (χ4v) is 1.39. The van der Waals surface area contributed by atoms with E-state index in [1.165, 1.54) is 18.3 Å². The number of hydrogen-bond donors (Lipinski definition) is 1. The van der Waals surface area contributed by atoms with Crippen LogP contribution in [-0.2, 0) is 4.79 Å². The summed E-state index contributed by atoms with van der Waals surface area (Å²) in [6.07, 6.45) is 2.88. The summed E-state index contributed by atoms with van der Waals surface area (Å²) in [7, 11) is 0. The third kappa shape index (κ3) is 3.24. The summed E-state index contributed by atoms with van der Waals surface area (Å²) >= 11 is 0. The van der Waals surface area contributed by atoms with Crippen molar-refractivity contribution < 1.29 is 14.3 Å². The van der Waals surface area contributed by atoms with Gasteiger partial charge in [-0.15, -0.1) is 0 Å². The Morgan fingerprint density at radius 1 is 1.21 bits per heavy atom. The summed E-state index contributed by atoms with van der Waals surface area (Å²) in [5, 5.41) is 0. The Morgan fingerprint density at radius 3 is 2.58 bits per heavy atom. The second-order valence-electron chi connectivity index (χ2n) is 3.54. The molecule has 19 heavy (non-hydrogen) atoms. The molecule has 0 spiro atoms. The monoisotopic (exact) mass is 255 g/mol. The molecule has 0 bridgehead atoms. The molecule has 0 saturated carbocycles. The van der Waals surface area contributed by atoms with Gasteiger partial charge in [-0.1, -0.05) is 0 Å². The molecule has 0 radical (unpaired) electrons. The van der Waals surface area contributed by atoms with E-state index in [0.29, 0.717) is 17.2 Å². The van der Waals surface area contributed by atoms with E-state index >= 15 is 0 Å². The lowest BCUT2D eigenvalue weighted by Crippen LogP contribution is -2.12. The molecular weight excluding hydrogens is 246 g/mol. The molecule has 6 nitrogen and oxygen atoms in total. The molecule has 6 heteroatoms. The van der Waals surface area contributed by atoms with Gasteiger partial charge >= 0.3 is 0 Å². The van der Waals surface area contributed by atoms with E-state index < -0.39 is 5.91 Å². The van der Waals surface area contributed by atoms with Gasteiger partial charge in [-0.25, -0.2) is 4.79 Å². The number of amides is 1. The van der Waals surface area contributed by atoms with Crippen LogP contribution >= 0.6 is 0 Å². The molecule has 94 valence electrons. The molecular formula is C13H9N3O3. The number of pyridine rings is 1. The minimum absolute atomic E-state index is 0.125. The van der Waals surface area contributed by atoms with Crippen molar-refractivity contribution in [2.45, 2.75) is 0 Å². The fraction of sp³-hybridized carbons (Fsp3) is 0. The zero-order chi connectivity index (χ0) is 13.7. The zero-order valence-corrected chi connectivity index (χ0v) is 9.74. The molecule has 0 unspecified atom stereocenters. The standard InChI is InChI=1S/C13H9N3O3/c14-13(18)12-7-11(5-6-15-12)19-10-3-1-9(2-4-10)16-8-17/h1-7H,(H2,14,18). The normalized spacial score (nSPS) is 9.47. The van der Waals surface area contributed by atoms with Crippen molar-refractivity contribution in [2.24, 2.45) is 10.7 Å². The van der Waals surface area contributed by atoms with Crippen LogP contribution in [0, 0.1) is 0 Å². The summed E-state index contributed by atoms with van der Waals surface area (Å²) in [6, 6.07) is 9.54. The van der Waals surface area contributed by atoms with Gasteiger partial charge in [0.1, 0.15) is 17.2 Å². The molecule has 0 aliphatic rings. The summed E-state index contributed by atoms with van der Waals surface area (Å²) in [5.41, 5.74) is 5.73. The van der Waals surface area contributed by atoms with E-state index in [1.54, 1.807) is 30.3 Å². The maximum Gasteiger partial charge on any atom is 0.267 e. The van der Waals surface area contributed by atoms with Gasteiger partial charge in [0, 0.05) is 12.3 Å².